The topological polar surface area (TPSA) is 63.4 Å². The standard InChI is InChI=1S/C15H20N2O2/c1-2-3-4-11-5-7-13(8-6-11)17-10-12(15(16)19)9-14(17)18/h5-8,12H,2-4,9-10H2,1H3,(H2,16,19)/t12-/m0/s1. The van der Waals surface area contributed by atoms with Gasteiger partial charge in [-0.1, -0.05) is 25.5 Å². The molecule has 1 atom stereocenters. The number of carbonyl (C=O) groups is 2. The van der Waals surface area contributed by atoms with Crippen LogP contribution in [0.3, 0.4) is 0 Å². The van der Waals surface area contributed by atoms with E-state index >= 15 is 0 Å². The van der Waals surface area contributed by atoms with Crippen molar-refractivity contribution in [3.05, 3.63) is 29.8 Å². The summed E-state index contributed by atoms with van der Waals surface area (Å²) in [5.41, 5.74) is 7.40. The highest BCUT2D eigenvalue weighted by atomic mass is 16.2. The summed E-state index contributed by atoms with van der Waals surface area (Å²) in [6, 6.07) is 8.00. The van der Waals surface area contributed by atoms with E-state index in [1.807, 2.05) is 12.1 Å². The van der Waals surface area contributed by atoms with Gasteiger partial charge in [-0.3, -0.25) is 9.59 Å². The zero-order chi connectivity index (χ0) is 13.8. The second kappa shape index (κ2) is 5.87. The number of benzene rings is 1. The van der Waals surface area contributed by atoms with E-state index in [4.69, 9.17) is 5.73 Å². The van der Waals surface area contributed by atoms with Crippen molar-refractivity contribution in [2.75, 3.05) is 11.4 Å². The Morgan fingerprint density at radius 1 is 1.37 bits per heavy atom. The van der Waals surface area contributed by atoms with Crippen LogP contribution in [-0.2, 0) is 16.0 Å². The third-order valence-electron chi connectivity index (χ3n) is 3.59. The third kappa shape index (κ3) is 3.13. The van der Waals surface area contributed by atoms with Crippen LogP contribution in [0.1, 0.15) is 31.7 Å². The molecular weight excluding hydrogens is 240 g/mol. The Morgan fingerprint density at radius 3 is 2.58 bits per heavy atom. The predicted octanol–water partition coefficient (Wildman–Crippen LogP) is 1.87. The van der Waals surface area contributed by atoms with E-state index in [9.17, 15) is 9.59 Å². The van der Waals surface area contributed by atoms with Gasteiger partial charge in [0.05, 0.1) is 5.92 Å². The first kappa shape index (κ1) is 13.6. The molecule has 2 amide bonds. The lowest BCUT2D eigenvalue weighted by molar-refractivity contribution is -0.123. The fourth-order valence-electron chi connectivity index (χ4n) is 2.37. The zero-order valence-corrected chi connectivity index (χ0v) is 11.3. The van der Waals surface area contributed by atoms with Crippen LogP contribution in [0.15, 0.2) is 24.3 Å². The van der Waals surface area contributed by atoms with Crippen LogP contribution < -0.4 is 10.6 Å². The van der Waals surface area contributed by atoms with Crippen LogP contribution in [0.4, 0.5) is 5.69 Å². The molecule has 1 heterocycles. The molecule has 4 nitrogen and oxygen atoms in total. The molecule has 1 aliphatic rings. The van der Waals surface area contributed by atoms with Crippen molar-refractivity contribution in [3.63, 3.8) is 0 Å². The zero-order valence-electron chi connectivity index (χ0n) is 11.3. The Labute approximate surface area is 113 Å². The van der Waals surface area contributed by atoms with Crippen molar-refractivity contribution in [2.45, 2.75) is 32.6 Å². The second-order valence-electron chi connectivity index (χ2n) is 5.08. The average Bonchev–Trinajstić information content (AvgIpc) is 2.79. The molecule has 19 heavy (non-hydrogen) atoms. The molecule has 1 saturated heterocycles. The molecule has 4 heteroatoms. The first-order chi connectivity index (χ1) is 9.11. The second-order valence-corrected chi connectivity index (χ2v) is 5.08. The summed E-state index contributed by atoms with van der Waals surface area (Å²) in [4.78, 5) is 24.7. The minimum absolute atomic E-state index is 0.0230. The quantitative estimate of drug-likeness (QED) is 0.878. The number of aryl methyl sites for hydroxylation is 1. The summed E-state index contributed by atoms with van der Waals surface area (Å²) in [6.07, 6.45) is 3.64. The largest absolute Gasteiger partial charge is 0.369 e. The average molecular weight is 260 g/mol. The van der Waals surface area contributed by atoms with E-state index in [2.05, 4.69) is 19.1 Å². The Balaban J connectivity index is 2.06. The number of unbranched alkanes of at least 4 members (excludes halogenated alkanes) is 1. The van der Waals surface area contributed by atoms with Crippen LogP contribution in [0, 0.1) is 5.92 Å². The van der Waals surface area contributed by atoms with Gasteiger partial charge in [0.1, 0.15) is 0 Å². The number of anilines is 1. The van der Waals surface area contributed by atoms with Gasteiger partial charge in [-0.05, 0) is 30.5 Å². The summed E-state index contributed by atoms with van der Waals surface area (Å²) < 4.78 is 0. The van der Waals surface area contributed by atoms with E-state index in [0.29, 0.717) is 6.54 Å². The monoisotopic (exact) mass is 260 g/mol. The van der Waals surface area contributed by atoms with Crippen molar-refractivity contribution >= 4 is 17.5 Å². The Kier molecular flexibility index (Phi) is 4.20. The van der Waals surface area contributed by atoms with Gasteiger partial charge in [0, 0.05) is 18.7 Å². The van der Waals surface area contributed by atoms with Crippen LogP contribution in [0.25, 0.3) is 0 Å². The normalized spacial score (nSPS) is 18.9. The van der Waals surface area contributed by atoms with Gasteiger partial charge in [0.2, 0.25) is 11.8 Å². The first-order valence-corrected chi connectivity index (χ1v) is 6.80. The molecule has 0 bridgehead atoms. The van der Waals surface area contributed by atoms with Crippen LogP contribution in [0.2, 0.25) is 0 Å². The van der Waals surface area contributed by atoms with Crippen molar-refractivity contribution in [1.82, 2.24) is 0 Å². The van der Waals surface area contributed by atoms with Crippen molar-refractivity contribution in [2.24, 2.45) is 11.7 Å². The van der Waals surface area contributed by atoms with Crippen LogP contribution >= 0.6 is 0 Å². The molecule has 1 aliphatic heterocycles. The molecule has 0 aliphatic carbocycles. The molecule has 102 valence electrons. The number of rotatable bonds is 5. The number of carbonyl (C=O) groups excluding carboxylic acids is 2. The SMILES string of the molecule is CCCCc1ccc(N2C[C@@H](C(N)=O)CC2=O)cc1. The molecule has 1 fully saturated rings. The fourth-order valence-corrected chi connectivity index (χ4v) is 2.37. The predicted molar refractivity (Wildman–Crippen MR) is 74.7 cm³/mol. The van der Waals surface area contributed by atoms with Gasteiger partial charge in [0.25, 0.3) is 0 Å². The lowest BCUT2D eigenvalue weighted by Gasteiger charge is -2.16. The number of nitrogens with two attached hydrogens (primary N) is 1. The number of hydrogen-bond donors (Lipinski definition) is 1. The molecule has 0 saturated carbocycles. The first-order valence-electron chi connectivity index (χ1n) is 6.80. The number of hydrogen-bond acceptors (Lipinski definition) is 2. The highest BCUT2D eigenvalue weighted by molar-refractivity contribution is 6.00. The summed E-state index contributed by atoms with van der Waals surface area (Å²) in [7, 11) is 0. The van der Waals surface area contributed by atoms with Gasteiger partial charge < -0.3 is 10.6 Å². The molecule has 0 unspecified atom stereocenters. The molecular formula is C15H20N2O2. The van der Waals surface area contributed by atoms with Crippen LogP contribution in [-0.4, -0.2) is 18.4 Å². The Bertz CT molecular complexity index is 468. The van der Waals surface area contributed by atoms with Gasteiger partial charge >= 0.3 is 0 Å². The highest BCUT2D eigenvalue weighted by Crippen LogP contribution is 2.25. The molecule has 2 rings (SSSR count). The smallest absolute Gasteiger partial charge is 0.227 e. The fraction of sp³-hybridized carbons (Fsp3) is 0.467. The lowest BCUT2D eigenvalue weighted by Crippen LogP contribution is -2.28. The summed E-state index contributed by atoms with van der Waals surface area (Å²) in [5, 5.41) is 0. The van der Waals surface area contributed by atoms with Gasteiger partial charge in [-0.2, -0.15) is 0 Å². The van der Waals surface area contributed by atoms with Crippen molar-refractivity contribution in [1.29, 1.82) is 0 Å². The third-order valence-corrected chi connectivity index (χ3v) is 3.59. The summed E-state index contributed by atoms with van der Waals surface area (Å²) in [5.74, 6) is -0.771. The number of primary amides is 1. The Morgan fingerprint density at radius 2 is 2.05 bits per heavy atom. The van der Waals surface area contributed by atoms with E-state index in [1.165, 1.54) is 18.4 Å². The molecule has 1 aromatic rings. The maximum Gasteiger partial charge on any atom is 0.227 e. The minimum Gasteiger partial charge on any atom is -0.369 e. The Hall–Kier alpha value is -1.84. The lowest BCUT2D eigenvalue weighted by atomic mass is 10.1. The number of nitrogens with zero attached hydrogens (tertiary/aromatic N) is 1. The van der Waals surface area contributed by atoms with Gasteiger partial charge in [0.15, 0.2) is 0 Å². The van der Waals surface area contributed by atoms with E-state index < -0.39 is 5.91 Å². The van der Waals surface area contributed by atoms with Gasteiger partial charge in [-0.25, -0.2) is 0 Å². The maximum absolute atomic E-state index is 11.9. The van der Waals surface area contributed by atoms with E-state index in [0.717, 1.165) is 12.1 Å². The number of amides is 2. The van der Waals surface area contributed by atoms with Crippen molar-refractivity contribution in [3.8, 4) is 0 Å². The van der Waals surface area contributed by atoms with Crippen molar-refractivity contribution < 1.29 is 9.59 Å². The highest BCUT2D eigenvalue weighted by Gasteiger charge is 2.33. The summed E-state index contributed by atoms with van der Waals surface area (Å²) >= 11 is 0. The maximum atomic E-state index is 11.9. The van der Waals surface area contributed by atoms with E-state index in [-0.39, 0.29) is 18.2 Å². The molecule has 0 aromatic heterocycles. The summed E-state index contributed by atoms with van der Waals surface area (Å²) in [6.45, 7) is 2.57. The molecule has 1 aromatic carbocycles. The molecule has 0 radical (unpaired) electrons. The van der Waals surface area contributed by atoms with Gasteiger partial charge in [-0.15, -0.1) is 0 Å². The molecule has 2 N–H and O–H groups in total. The van der Waals surface area contributed by atoms with E-state index in [1.54, 1.807) is 4.90 Å². The van der Waals surface area contributed by atoms with Crippen LogP contribution in [0.5, 0.6) is 0 Å². The minimum atomic E-state index is -0.393. The molecule has 0 spiro atoms.